The fraction of sp³-hybridized carbons (Fsp3) is 0.647. The summed E-state index contributed by atoms with van der Waals surface area (Å²) in [5.74, 6) is 1.78. The van der Waals surface area contributed by atoms with Gasteiger partial charge >= 0.3 is 0 Å². The molecule has 0 amide bonds. The Morgan fingerprint density at radius 1 is 1.29 bits per heavy atom. The standard InChI is InChI=1S/C17H28N2O2/c1-4-18-14(2)16-8-7-15(20-3)13-17(16)21-12-11-19-9-5-6-10-19/h7-8,13-14,18H,4-6,9-12H2,1-3H3. The van der Waals surface area contributed by atoms with E-state index in [0.29, 0.717) is 0 Å². The van der Waals surface area contributed by atoms with Crippen molar-refractivity contribution >= 4 is 0 Å². The Morgan fingerprint density at radius 2 is 2.05 bits per heavy atom. The molecule has 1 aromatic rings. The highest BCUT2D eigenvalue weighted by atomic mass is 16.5. The van der Waals surface area contributed by atoms with Crippen LogP contribution in [0.15, 0.2) is 18.2 Å². The first-order chi connectivity index (χ1) is 10.2. The van der Waals surface area contributed by atoms with Crippen molar-refractivity contribution in [3.63, 3.8) is 0 Å². The van der Waals surface area contributed by atoms with Gasteiger partial charge in [0.25, 0.3) is 0 Å². The summed E-state index contributed by atoms with van der Waals surface area (Å²) in [6.07, 6.45) is 2.64. The van der Waals surface area contributed by atoms with E-state index in [2.05, 4.69) is 30.1 Å². The zero-order valence-corrected chi connectivity index (χ0v) is 13.5. The smallest absolute Gasteiger partial charge is 0.127 e. The van der Waals surface area contributed by atoms with Gasteiger partial charge in [-0.1, -0.05) is 13.0 Å². The SMILES string of the molecule is CCNC(C)c1ccc(OC)cc1OCCN1CCCC1. The molecule has 0 saturated carbocycles. The summed E-state index contributed by atoms with van der Waals surface area (Å²) in [6.45, 7) is 9.39. The number of nitrogens with zero attached hydrogens (tertiary/aromatic N) is 1. The molecule has 1 fully saturated rings. The maximum atomic E-state index is 6.05. The van der Waals surface area contributed by atoms with E-state index in [1.54, 1.807) is 7.11 Å². The number of hydrogen-bond donors (Lipinski definition) is 1. The lowest BCUT2D eigenvalue weighted by Crippen LogP contribution is -2.25. The quantitative estimate of drug-likeness (QED) is 0.799. The number of nitrogens with one attached hydrogen (secondary N) is 1. The third kappa shape index (κ3) is 4.61. The molecule has 4 heteroatoms. The third-order valence-corrected chi connectivity index (χ3v) is 4.06. The minimum atomic E-state index is 0.280. The maximum Gasteiger partial charge on any atom is 0.127 e. The number of ether oxygens (including phenoxy) is 2. The van der Waals surface area contributed by atoms with Crippen LogP contribution in [0.2, 0.25) is 0 Å². The summed E-state index contributed by atoms with van der Waals surface area (Å²) < 4.78 is 11.4. The number of benzene rings is 1. The van der Waals surface area contributed by atoms with Gasteiger partial charge in [0.1, 0.15) is 18.1 Å². The fourth-order valence-corrected chi connectivity index (χ4v) is 2.83. The predicted molar refractivity (Wildman–Crippen MR) is 86.3 cm³/mol. The lowest BCUT2D eigenvalue weighted by atomic mass is 10.1. The van der Waals surface area contributed by atoms with Gasteiger partial charge in [-0.15, -0.1) is 0 Å². The summed E-state index contributed by atoms with van der Waals surface area (Å²) in [6, 6.07) is 6.36. The van der Waals surface area contributed by atoms with E-state index in [1.165, 1.54) is 31.5 Å². The van der Waals surface area contributed by atoms with Crippen molar-refractivity contribution in [1.29, 1.82) is 0 Å². The number of rotatable bonds is 8. The Balaban J connectivity index is 1.99. The topological polar surface area (TPSA) is 33.7 Å². The Hall–Kier alpha value is -1.26. The second-order valence-electron chi connectivity index (χ2n) is 5.58. The Morgan fingerprint density at radius 3 is 2.71 bits per heavy atom. The lowest BCUT2D eigenvalue weighted by Gasteiger charge is -2.20. The predicted octanol–water partition coefficient (Wildman–Crippen LogP) is 2.84. The van der Waals surface area contributed by atoms with Crippen molar-refractivity contribution in [2.24, 2.45) is 0 Å². The average Bonchev–Trinajstić information content (AvgIpc) is 3.00. The lowest BCUT2D eigenvalue weighted by molar-refractivity contribution is 0.234. The van der Waals surface area contributed by atoms with Crippen LogP contribution < -0.4 is 14.8 Å². The first kappa shape index (κ1) is 16.1. The molecule has 118 valence electrons. The Labute approximate surface area is 128 Å². The number of likely N-dealkylation sites (tertiary alicyclic amines) is 1. The van der Waals surface area contributed by atoms with Crippen LogP contribution in [-0.4, -0.2) is 44.8 Å². The van der Waals surface area contributed by atoms with Gasteiger partial charge in [-0.05, 0) is 45.5 Å². The second-order valence-corrected chi connectivity index (χ2v) is 5.58. The molecule has 1 aliphatic rings. The molecule has 2 rings (SSSR count). The molecule has 0 bridgehead atoms. The van der Waals surface area contributed by atoms with Gasteiger partial charge in [-0.2, -0.15) is 0 Å². The van der Waals surface area contributed by atoms with Crippen LogP contribution in [-0.2, 0) is 0 Å². The van der Waals surface area contributed by atoms with Gasteiger partial charge in [0.15, 0.2) is 0 Å². The van der Waals surface area contributed by atoms with Crippen LogP contribution in [0.3, 0.4) is 0 Å². The third-order valence-electron chi connectivity index (χ3n) is 4.06. The molecule has 0 radical (unpaired) electrons. The molecule has 21 heavy (non-hydrogen) atoms. The first-order valence-electron chi connectivity index (χ1n) is 8.01. The molecule has 1 N–H and O–H groups in total. The minimum absolute atomic E-state index is 0.280. The van der Waals surface area contributed by atoms with Crippen LogP contribution in [0.25, 0.3) is 0 Å². The van der Waals surface area contributed by atoms with Gasteiger partial charge < -0.3 is 14.8 Å². The van der Waals surface area contributed by atoms with Gasteiger partial charge in [0.05, 0.1) is 7.11 Å². The van der Waals surface area contributed by atoms with E-state index in [4.69, 9.17) is 9.47 Å². The number of hydrogen-bond acceptors (Lipinski definition) is 4. The van der Waals surface area contributed by atoms with E-state index < -0.39 is 0 Å². The highest BCUT2D eigenvalue weighted by Crippen LogP contribution is 2.29. The number of methoxy groups -OCH3 is 1. The molecule has 0 aromatic heterocycles. The minimum Gasteiger partial charge on any atom is -0.497 e. The van der Waals surface area contributed by atoms with Crippen molar-refractivity contribution in [2.45, 2.75) is 32.7 Å². The van der Waals surface area contributed by atoms with Crippen molar-refractivity contribution in [3.8, 4) is 11.5 Å². The molecule has 4 nitrogen and oxygen atoms in total. The molecule has 1 saturated heterocycles. The summed E-state index contributed by atoms with van der Waals surface area (Å²) in [4.78, 5) is 2.47. The largest absolute Gasteiger partial charge is 0.497 e. The first-order valence-corrected chi connectivity index (χ1v) is 8.01. The van der Waals surface area contributed by atoms with Crippen molar-refractivity contribution < 1.29 is 9.47 Å². The molecule has 1 aliphatic heterocycles. The summed E-state index contributed by atoms with van der Waals surface area (Å²) >= 11 is 0. The summed E-state index contributed by atoms with van der Waals surface area (Å²) in [5.41, 5.74) is 1.19. The van der Waals surface area contributed by atoms with Crippen LogP contribution in [0.4, 0.5) is 0 Å². The highest BCUT2D eigenvalue weighted by Gasteiger charge is 2.14. The fourth-order valence-electron chi connectivity index (χ4n) is 2.83. The summed E-state index contributed by atoms with van der Waals surface area (Å²) in [5, 5.41) is 3.44. The van der Waals surface area contributed by atoms with Crippen molar-refractivity contribution in [2.75, 3.05) is 39.9 Å². The van der Waals surface area contributed by atoms with Crippen LogP contribution >= 0.6 is 0 Å². The average molecular weight is 292 g/mol. The van der Waals surface area contributed by atoms with E-state index in [1.807, 2.05) is 12.1 Å². The normalized spacial score (nSPS) is 16.9. The van der Waals surface area contributed by atoms with Crippen LogP contribution in [0.1, 0.15) is 38.3 Å². The zero-order chi connectivity index (χ0) is 15.1. The molecule has 1 aromatic carbocycles. The Kier molecular flexibility index (Phi) is 6.33. The molecule has 0 spiro atoms. The molecule has 1 heterocycles. The molecule has 0 aliphatic carbocycles. The van der Waals surface area contributed by atoms with E-state index in [-0.39, 0.29) is 6.04 Å². The second kappa shape index (κ2) is 8.25. The molecular formula is C17H28N2O2. The van der Waals surface area contributed by atoms with E-state index in [9.17, 15) is 0 Å². The van der Waals surface area contributed by atoms with Gasteiger partial charge in [-0.3, -0.25) is 4.90 Å². The molecular weight excluding hydrogens is 264 g/mol. The van der Waals surface area contributed by atoms with Crippen LogP contribution in [0.5, 0.6) is 11.5 Å². The van der Waals surface area contributed by atoms with Gasteiger partial charge in [0.2, 0.25) is 0 Å². The van der Waals surface area contributed by atoms with Gasteiger partial charge in [-0.25, -0.2) is 0 Å². The Bertz CT molecular complexity index is 431. The van der Waals surface area contributed by atoms with Gasteiger partial charge in [0, 0.05) is 24.2 Å². The summed E-state index contributed by atoms with van der Waals surface area (Å²) in [7, 11) is 1.69. The van der Waals surface area contributed by atoms with E-state index in [0.717, 1.165) is 31.2 Å². The van der Waals surface area contributed by atoms with Crippen LogP contribution in [0, 0.1) is 0 Å². The highest BCUT2D eigenvalue weighted by molar-refractivity contribution is 5.42. The zero-order valence-electron chi connectivity index (χ0n) is 13.5. The van der Waals surface area contributed by atoms with Crippen molar-refractivity contribution in [1.82, 2.24) is 10.2 Å². The van der Waals surface area contributed by atoms with E-state index >= 15 is 0 Å². The monoisotopic (exact) mass is 292 g/mol. The van der Waals surface area contributed by atoms with Crippen molar-refractivity contribution in [3.05, 3.63) is 23.8 Å². The maximum absolute atomic E-state index is 6.05. The molecule has 1 atom stereocenters. The molecule has 1 unspecified atom stereocenters.